The normalized spacial score (nSPS) is 21.5. The molecule has 1 unspecified atom stereocenters. The Morgan fingerprint density at radius 3 is 2.48 bits per heavy atom. The number of rotatable bonds is 5. The van der Waals surface area contributed by atoms with Crippen LogP contribution in [-0.2, 0) is 5.60 Å². The number of hydrogen-bond donors (Lipinski definition) is 2. The molecule has 5 rings (SSSR count). The van der Waals surface area contributed by atoms with Crippen molar-refractivity contribution in [3.05, 3.63) is 59.9 Å². The van der Waals surface area contributed by atoms with Crippen molar-refractivity contribution in [2.45, 2.75) is 56.2 Å². The Morgan fingerprint density at radius 2 is 1.79 bits per heavy atom. The molecule has 1 aliphatic carbocycles. The molecule has 33 heavy (non-hydrogen) atoms. The fourth-order valence-electron chi connectivity index (χ4n) is 5.01. The highest BCUT2D eigenvalue weighted by Gasteiger charge is 2.54. The van der Waals surface area contributed by atoms with E-state index in [4.69, 9.17) is 0 Å². The topological polar surface area (TPSA) is 79.1 Å². The van der Waals surface area contributed by atoms with Crippen LogP contribution in [0.1, 0.15) is 55.7 Å². The van der Waals surface area contributed by atoms with Gasteiger partial charge in [-0.3, -0.25) is 0 Å². The van der Waals surface area contributed by atoms with Crippen molar-refractivity contribution in [3.8, 4) is 0 Å². The fraction of sp³-hybridized carbons (Fsp3) is 0.435. The SMILES string of the molecule is OC(CCC1CCC(c2nnn3cnc4[nH]ccc4c23)CC1)(c1ccc(F)cc1)C(F)(F)F. The minimum absolute atomic E-state index is 0.0614. The number of aromatic amines is 1. The van der Waals surface area contributed by atoms with Crippen LogP contribution in [0.15, 0.2) is 42.9 Å². The molecule has 0 saturated heterocycles. The van der Waals surface area contributed by atoms with E-state index in [2.05, 4.69) is 20.3 Å². The molecule has 0 aliphatic heterocycles. The molecule has 0 bridgehead atoms. The molecule has 3 aromatic heterocycles. The van der Waals surface area contributed by atoms with Gasteiger partial charge in [-0.15, -0.1) is 5.10 Å². The number of aliphatic hydroxyl groups is 1. The van der Waals surface area contributed by atoms with Crippen LogP contribution in [0.25, 0.3) is 16.6 Å². The molecule has 4 aromatic rings. The van der Waals surface area contributed by atoms with Crippen molar-refractivity contribution in [1.29, 1.82) is 0 Å². The Hall–Kier alpha value is -3.01. The Labute approximate surface area is 186 Å². The van der Waals surface area contributed by atoms with Gasteiger partial charge in [-0.05, 0) is 68.2 Å². The molecule has 0 spiro atoms. The summed E-state index contributed by atoms with van der Waals surface area (Å²) in [7, 11) is 0. The Balaban J connectivity index is 1.28. The second-order valence-corrected chi connectivity index (χ2v) is 8.87. The molecule has 1 aliphatic rings. The number of hydrogen-bond acceptors (Lipinski definition) is 4. The molecule has 1 saturated carbocycles. The lowest BCUT2D eigenvalue weighted by atomic mass is 9.76. The minimum Gasteiger partial charge on any atom is -0.376 e. The summed E-state index contributed by atoms with van der Waals surface area (Å²) in [5, 5.41) is 20.1. The maximum absolute atomic E-state index is 13.8. The minimum atomic E-state index is -4.85. The predicted molar refractivity (Wildman–Crippen MR) is 113 cm³/mol. The van der Waals surface area contributed by atoms with E-state index in [1.807, 2.05) is 12.3 Å². The van der Waals surface area contributed by atoms with Gasteiger partial charge >= 0.3 is 6.18 Å². The summed E-state index contributed by atoms with van der Waals surface area (Å²) < 4.78 is 56.2. The van der Waals surface area contributed by atoms with E-state index < -0.39 is 24.0 Å². The van der Waals surface area contributed by atoms with Crippen LogP contribution < -0.4 is 0 Å². The smallest absolute Gasteiger partial charge is 0.376 e. The Kier molecular flexibility index (Phi) is 5.35. The molecular weight excluding hydrogens is 438 g/mol. The van der Waals surface area contributed by atoms with Crippen LogP contribution in [0.5, 0.6) is 0 Å². The average molecular weight is 461 g/mol. The van der Waals surface area contributed by atoms with Crippen molar-refractivity contribution in [1.82, 2.24) is 24.8 Å². The summed E-state index contributed by atoms with van der Waals surface area (Å²) in [4.78, 5) is 7.39. The number of benzene rings is 1. The molecule has 1 aromatic carbocycles. The van der Waals surface area contributed by atoms with E-state index in [9.17, 15) is 22.7 Å². The van der Waals surface area contributed by atoms with Gasteiger partial charge in [0.1, 0.15) is 23.3 Å². The average Bonchev–Trinajstić information content (AvgIpc) is 3.44. The van der Waals surface area contributed by atoms with Crippen molar-refractivity contribution in [2.24, 2.45) is 5.92 Å². The monoisotopic (exact) mass is 461 g/mol. The van der Waals surface area contributed by atoms with Gasteiger partial charge in [0, 0.05) is 17.5 Å². The highest BCUT2D eigenvalue weighted by atomic mass is 19.4. The lowest BCUT2D eigenvalue weighted by molar-refractivity contribution is -0.270. The van der Waals surface area contributed by atoms with Gasteiger partial charge in [-0.1, -0.05) is 17.3 Å². The van der Waals surface area contributed by atoms with Gasteiger partial charge in [0.05, 0.1) is 5.69 Å². The molecule has 0 amide bonds. The van der Waals surface area contributed by atoms with Gasteiger partial charge in [-0.25, -0.2) is 13.9 Å². The highest BCUT2D eigenvalue weighted by Crippen LogP contribution is 2.45. The van der Waals surface area contributed by atoms with Crippen molar-refractivity contribution < 1.29 is 22.7 Å². The van der Waals surface area contributed by atoms with Gasteiger partial charge in [0.2, 0.25) is 0 Å². The number of halogens is 4. The summed E-state index contributed by atoms with van der Waals surface area (Å²) in [5.41, 5.74) is -0.767. The van der Waals surface area contributed by atoms with E-state index >= 15 is 0 Å². The molecule has 174 valence electrons. The van der Waals surface area contributed by atoms with E-state index in [0.29, 0.717) is 0 Å². The molecule has 10 heteroatoms. The lowest BCUT2D eigenvalue weighted by Crippen LogP contribution is -2.42. The van der Waals surface area contributed by atoms with Gasteiger partial charge in [0.15, 0.2) is 5.60 Å². The molecule has 1 atom stereocenters. The van der Waals surface area contributed by atoms with Crippen molar-refractivity contribution >= 4 is 16.6 Å². The third kappa shape index (κ3) is 3.86. The Bertz CT molecular complexity index is 1260. The van der Waals surface area contributed by atoms with E-state index in [1.54, 1.807) is 10.8 Å². The fourth-order valence-corrected chi connectivity index (χ4v) is 5.01. The van der Waals surface area contributed by atoms with Gasteiger partial charge < -0.3 is 10.1 Å². The maximum atomic E-state index is 13.8. The summed E-state index contributed by atoms with van der Waals surface area (Å²) in [6, 6.07) is 5.83. The van der Waals surface area contributed by atoms with Crippen LogP contribution in [0.2, 0.25) is 0 Å². The zero-order valence-corrected chi connectivity index (χ0v) is 17.7. The first-order valence-electron chi connectivity index (χ1n) is 11.0. The molecule has 0 radical (unpaired) electrons. The van der Waals surface area contributed by atoms with Crippen LogP contribution in [-0.4, -0.2) is 36.1 Å². The largest absolute Gasteiger partial charge is 0.421 e. The summed E-state index contributed by atoms with van der Waals surface area (Å²) >= 11 is 0. The zero-order valence-electron chi connectivity index (χ0n) is 17.7. The van der Waals surface area contributed by atoms with Crippen LogP contribution >= 0.6 is 0 Å². The molecule has 6 nitrogen and oxygen atoms in total. The first kappa shape index (κ1) is 21.8. The first-order valence-corrected chi connectivity index (χ1v) is 11.0. The van der Waals surface area contributed by atoms with Gasteiger partial charge in [-0.2, -0.15) is 13.2 Å². The Morgan fingerprint density at radius 1 is 1.06 bits per heavy atom. The predicted octanol–water partition coefficient (Wildman–Crippen LogP) is 5.25. The van der Waals surface area contributed by atoms with Gasteiger partial charge in [0.25, 0.3) is 0 Å². The second kappa shape index (κ2) is 8.09. The van der Waals surface area contributed by atoms with Crippen molar-refractivity contribution in [3.63, 3.8) is 0 Å². The van der Waals surface area contributed by atoms with Crippen molar-refractivity contribution in [2.75, 3.05) is 0 Å². The lowest BCUT2D eigenvalue weighted by Gasteiger charge is -2.34. The summed E-state index contributed by atoms with van der Waals surface area (Å²) in [5.74, 6) is -0.417. The molecule has 1 fully saturated rings. The third-order valence-electron chi connectivity index (χ3n) is 6.94. The maximum Gasteiger partial charge on any atom is 0.421 e. The third-order valence-corrected chi connectivity index (χ3v) is 6.94. The van der Waals surface area contributed by atoms with Crippen LogP contribution in [0.3, 0.4) is 0 Å². The standard InChI is InChI=1S/C23H23F4N5O/c24-17-7-5-16(6-8-17)22(33,23(25,26)27)11-9-14-1-3-15(4-2-14)19-20-18-10-12-28-21(18)29-13-32(20)31-30-19/h5-8,10,12-15,28,33H,1-4,9,11H2. The number of alkyl halides is 3. The zero-order chi connectivity index (χ0) is 23.2. The summed E-state index contributed by atoms with van der Waals surface area (Å²) in [6.45, 7) is 0. The molecule has 2 N–H and O–H groups in total. The van der Waals surface area contributed by atoms with E-state index in [-0.39, 0.29) is 23.8 Å². The number of fused-ring (bicyclic) bond motifs is 3. The quantitative estimate of drug-likeness (QED) is 0.398. The second-order valence-electron chi connectivity index (χ2n) is 8.87. The highest BCUT2D eigenvalue weighted by molar-refractivity contribution is 5.92. The number of nitrogens with one attached hydrogen (secondary N) is 1. The molecule has 3 heterocycles. The van der Waals surface area contributed by atoms with E-state index in [1.165, 1.54) is 0 Å². The number of H-pyrrole nitrogens is 1. The van der Waals surface area contributed by atoms with Crippen LogP contribution in [0.4, 0.5) is 17.6 Å². The number of aromatic nitrogens is 5. The number of nitrogens with zero attached hydrogens (tertiary/aromatic N) is 4. The summed E-state index contributed by atoms with van der Waals surface area (Å²) in [6.07, 6.45) is 1.40. The van der Waals surface area contributed by atoms with E-state index in [0.717, 1.165) is 72.2 Å². The molecular formula is C23H23F4N5O. The van der Waals surface area contributed by atoms with Crippen LogP contribution in [0, 0.1) is 11.7 Å². The first-order chi connectivity index (χ1) is 15.8.